The second-order valence-electron chi connectivity index (χ2n) is 4.49. The Balaban J connectivity index is 2.13. The van der Waals surface area contributed by atoms with Crippen LogP contribution in [0.25, 0.3) is 0 Å². The molecule has 2 rings (SSSR count). The predicted molar refractivity (Wildman–Crippen MR) is 65.9 cm³/mol. The Morgan fingerprint density at radius 1 is 1.44 bits per heavy atom. The van der Waals surface area contributed by atoms with Crippen LogP contribution in [0, 0.1) is 6.92 Å². The van der Waals surface area contributed by atoms with Crippen LogP contribution >= 0.6 is 0 Å². The van der Waals surface area contributed by atoms with E-state index >= 15 is 0 Å². The van der Waals surface area contributed by atoms with E-state index < -0.39 is 0 Å². The topological polar surface area (TPSA) is 33.3 Å². The van der Waals surface area contributed by atoms with Gasteiger partial charge in [-0.05, 0) is 19.9 Å². The standard InChI is InChI=1S/C13H20N2O/c1-9-4-5-13(16-3)12(6-9)10(2)15-11-7-14-8-11/h4-6,10-11,14-15H,7-8H2,1-3H3. The molecule has 0 saturated carbocycles. The molecule has 1 fully saturated rings. The van der Waals surface area contributed by atoms with Crippen LogP contribution in [0.2, 0.25) is 0 Å². The zero-order valence-electron chi connectivity index (χ0n) is 10.2. The zero-order chi connectivity index (χ0) is 11.5. The number of aryl methyl sites for hydroxylation is 1. The quantitative estimate of drug-likeness (QED) is 0.809. The molecule has 1 aromatic carbocycles. The molecule has 1 heterocycles. The number of ether oxygens (including phenoxy) is 1. The fourth-order valence-corrected chi connectivity index (χ4v) is 2.04. The van der Waals surface area contributed by atoms with E-state index in [0.29, 0.717) is 12.1 Å². The van der Waals surface area contributed by atoms with Gasteiger partial charge in [0.15, 0.2) is 0 Å². The Labute approximate surface area is 97.2 Å². The largest absolute Gasteiger partial charge is 0.496 e. The van der Waals surface area contributed by atoms with Crippen molar-refractivity contribution in [3.8, 4) is 5.75 Å². The van der Waals surface area contributed by atoms with Gasteiger partial charge in [-0.3, -0.25) is 0 Å². The Morgan fingerprint density at radius 2 is 2.19 bits per heavy atom. The molecule has 0 amide bonds. The monoisotopic (exact) mass is 220 g/mol. The van der Waals surface area contributed by atoms with Gasteiger partial charge in [-0.2, -0.15) is 0 Å². The molecule has 1 aliphatic rings. The van der Waals surface area contributed by atoms with E-state index in [2.05, 4.69) is 36.6 Å². The maximum absolute atomic E-state index is 5.40. The molecule has 1 aliphatic heterocycles. The van der Waals surface area contributed by atoms with Crippen molar-refractivity contribution >= 4 is 0 Å². The first-order chi connectivity index (χ1) is 7.70. The highest BCUT2D eigenvalue weighted by Crippen LogP contribution is 2.26. The molecule has 0 radical (unpaired) electrons. The van der Waals surface area contributed by atoms with Gasteiger partial charge in [0.2, 0.25) is 0 Å². The van der Waals surface area contributed by atoms with Gasteiger partial charge in [-0.1, -0.05) is 17.7 Å². The van der Waals surface area contributed by atoms with Crippen molar-refractivity contribution in [1.29, 1.82) is 0 Å². The average Bonchev–Trinajstić information content (AvgIpc) is 2.23. The molecule has 0 aliphatic carbocycles. The van der Waals surface area contributed by atoms with E-state index in [0.717, 1.165) is 18.8 Å². The lowest BCUT2D eigenvalue weighted by Crippen LogP contribution is -2.55. The van der Waals surface area contributed by atoms with Crippen LogP contribution in [-0.4, -0.2) is 26.2 Å². The summed E-state index contributed by atoms with van der Waals surface area (Å²) in [5.74, 6) is 0.970. The van der Waals surface area contributed by atoms with Crippen LogP contribution in [0.3, 0.4) is 0 Å². The maximum atomic E-state index is 5.40. The summed E-state index contributed by atoms with van der Waals surface area (Å²) in [6.07, 6.45) is 0. The zero-order valence-corrected chi connectivity index (χ0v) is 10.2. The lowest BCUT2D eigenvalue weighted by molar-refractivity contribution is 0.331. The summed E-state index contributed by atoms with van der Waals surface area (Å²) in [6, 6.07) is 7.26. The third-order valence-electron chi connectivity index (χ3n) is 3.12. The molecular weight excluding hydrogens is 200 g/mol. The van der Waals surface area contributed by atoms with Gasteiger partial charge in [0, 0.05) is 30.7 Å². The highest BCUT2D eigenvalue weighted by atomic mass is 16.5. The molecule has 1 atom stereocenters. The number of rotatable bonds is 4. The first kappa shape index (κ1) is 11.4. The van der Waals surface area contributed by atoms with Gasteiger partial charge in [0.05, 0.1) is 7.11 Å². The van der Waals surface area contributed by atoms with E-state index in [4.69, 9.17) is 4.74 Å². The average molecular weight is 220 g/mol. The van der Waals surface area contributed by atoms with Crippen molar-refractivity contribution < 1.29 is 4.74 Å². The van der Waals surface area contributed by atoms with E-state index in [9.17, 15) is 0 Å². The lowest BCUT2D eigenvalue weighted by atomic mass is 10.0. The molecule has 88 valence electrons. The predicted octanol–water partition coefficient (Wildman–Crippen LogP) is 1.63. The molecule has 1 aromatic rings. The van der Waals surface area contributed by atoms with Crippen molar-refractivity contribution in [3.63, 3.8) is 0 Å². The van der Waals surface area contributed by atoms with Gasteiger partial charge < -0.3 is 15.4 Å². The molecule has 3 heteroatoms. The third kappa shape index (κ3) is 2.36. The minimum absolute atomic E-state index is 0.335. The third-order valence-corrected chi connectivity index (χ3v) is 3.12. The van der Waals surface area contributed by atoms with E-state index in [1.807, 2.05) is 6.07 Å². The molecule has 2 N–H and O–H groups in total. The van der Waals surface area contributed by atoms with Gasteiger partial charge in [-0.15, -0.1) is 0 Å². The second kappa shape index (κ2) is 4.85. The molecule has 0 aromatic heterocycles. The van der Waals surface area contributed by atoms with Crippen LogP contribution < -0.4 is 15.4 Å². The van der Waals surface area contributed by atoms with Crippen LogP contribution in [0.15, 0.2) is 18.2 Å². The Kier molecular flexibility index (Phi) is 3.46. The Bertz CT molecular complexity index is 361. The van der Waals surface area contributed by atoms with Crippen LogP contribution in [0.5, 0.6) is 5.75 Å². The molecule has 3 nitrogen and oxygen atoms in total. The highest BCUT2D eigenvalue weighted by molar-refractivity contribution is 5.39. The number of hydrogen-bond acceptors (Lipinski definition) is 3. The first-order valence-corrected chi connectivity index (χ1v) is 5.82. The molecule has 0 bridgehead atoms. The van der Waals surface area contributed by atoms with E-state index in [1.54, 1.807) is 7.11 Å². The van der Waals surface area contributed by atoms with Crippen LogP contribution in [0.4, 0.5) is 0 Å². The van der Waals surface area contributed by atoms with Crippen molar-refractivity contribution in [1.82, 2.24) is 10.6 Å². The smallest absolute Gasteiger partial charge is 0.123 e. The number of benzene rings is 1. The van der Waals surface area contributed by atoms with Gasteiger partial charge >= 0.3 is 0 Å². The lowest BCUT2D eigenvalue weighted by Gasteiger charge is -2.31. The molecular formula is C13H20N2O. The van der Waals surface area contributed by atoms with Crippen LogP contribution in [-0.2, 0) is 0 Å². The number of nitrogens with one attached hydrogen (secondary N) is 2. The first-order valence-electron chi connectivity index (χ1n) is 5.82. The summed E-state index contributed by atoms with van der Waals surface area (Å²) in [7, 11) is 1.73. The minimum Gasteiger partial charge on any atom is -0.496 e. The summed E-state index contributed by atoms with van der Waals surface area (Å²) in [5.41, 5.74) is 2.52. The van der Waals surface area contributed by atoms with Crippen molar-refractivity contribution in [2.24, 2.45) is 0 Å². The van der Waals surface area contributed by atoms with Crippen LogP contribution in [0.1, 0.15) is 24.1 Å². The molecule has 0 spiro atoms. The highest BCUT2D eigenvalue weighted by Gasteiger charge is 2.20. The van der Waals surface area contributed by atoms with Crippen molar-refractivity contribution in [3.05, 3.63) is 29.3 Å². The van der Waals surface area contributed by atoms with E-state index in [-0.39, 0.29) is 0 Å². The van der Waals surface area contributed by atoms with Gasteiger partial charge in [0.1, 0.15) is 5.75 Å². The van der Waals surface area contributed by atoms with Crippen molar-refractivity contribution in [2.75, 3.05) is 20.2 Å². The Hall–Kier alpha value is -1.06. The van der Waals surface area contributed by atoms with E-state index in [1.165, 1.54) is 11.1 Å². The fourth-order valence-electron chi connectivity index (χ4n) is 2.04. The number of methoxy groups -OCH3 is 1. The minimum atomic E-state index is 0.335. The normalized spacial score (nSPS) is 17.9. The summed E-state index contributed by atoms with van der Waals surface area (Å²) in [5, 5.41) is 6.86. The van der Waals surface area contributed by atoms with Crippen molar-refractivity contribution in [2.45, 2.75) is 25.9 Å². The summed E-state index contributed by atoms with van der Waals surface area (Å²) < 4.78 is 5.40. The second-order valence-corrected chi connectivity index (χ2v) is 4.49. The maximum Gasteiger partial charge on any atom is 0.123 e. The SMILES string of the molecule is COc1ccc(C)cc1C(C)NC1CNC1. The van der Waals surface area contributed by atoms with Gasteiger partial charge in [-0.25, -0.2) is 0 Å². The summed E-state index contributed by atoms with van der Waals surface area (Å²) in [6.45, 7) is 6.44. The number of hydrogen-bond donors (Lipinski definition) is 2. The summed E-state index contributed by atoms with van der Waals surface area (Å²) >= 11 is 0. The Morgan fingerprint density at radius 3 is 2.75 bits per heavy atom. The fraction of sp³-hybridized carbons (Fsp3) is 0.538. The molecule has 1 saturated heterocycles. The van der Waals surface area contributed by atoms with Gasteiger partial charge in [0.25, 0.3) is 0 Å². The molecule has 16 heavy (non-hydrogen) atoms. The molecule has 1 unspecified atom stereocenters. The summed E-state index contributed by atoms with van der Waals surface area (Å²) in [4.78, 5) is 0.